The second-order valence-corrected chi connectivity index (χ2v) is 23.8. The van der Waals surface area contributed by atoms with E-state index >= 15 is 0 Å². The number of carbonyl (C=O) groups is 2. The Morgan fingerprint density at radius 3 is 2.31 bits per heavy atom. The van der Waals surface area contributed by atoms with Crippen LogP contribution in [0, 0.1) is 11.8 Å². The van der Waals surface area contributed by atoms with Crippen LogP contribution >= 0.6 is 11.6 Å². The van der Waals surface area contributed by atoms with Gasteiger partial charge in [-0.25, -0.2) is 18.4 Å². The summed E-state index contributed by atoms with van der Waals surface area (Å²) >= 11 is 6.49. The lowest BCUT2D eigenvalue weighted by atomic mass is 9.68. The molecule has 0 aromatic heterocycles. The highest BCUT2D eigenvalue weighted by atomic mass is 35.5. The summed E-state index contributed by atoms with van der Waals surface area (Å²) in [5, 5.41) is 20.7. The van der Waals surface area contributed by atoms with Gasteiger partial charge in [-0.2, -0.15) is 0 Å². The average molecular weight is 845 g/mol. The largest absolute Gasteiger partial charge is 0.490 e. The SMILES string of the molecule is CC(C)(C)[Si](OC(CC(=O)NCCS(N)(=O)=O)[C@@H]1CC[C@H]1CN1CC2(CCCc3cc(Cl)ccc32)COc2ccc(C(=O)O)cc21)(c1ccccc1)c1ccccc1. The number of aromatic carboxylic acids is 1. The fraction of sp³-hybridized carbons (Fsp3) is 0.422. The number of hydrogen-bond acceptors (Lipinski definition) is 7. The van der Waals surface area contributed by atoms with Gasteiger partial charge in [0.05, 0.1) is 36.1 Å². The molecule has 10 nitrogen and oxygen atoms in total. The van der Waals surface area contributed by atoms with Crippen LogP contribution in [0.15, 0.2) is 97.1 Å². The number of carboxylic acid groups (broad SMARTS) is 1. The van der Waals surface area contributed by atoms with Crippen LogP contribution in [0.4, 0.5) is 5.69 Å². The number of ether oxygens (including phenoxy) is 1. The number of carboxylic acids is 1. The number of rotatable bonds is 13. The highest BCUT2D eigenvalue weighted by Gasteiger charge is 2.54. The van der Waals surface area contributed by atoms with E-state index < -0.39 is 30.4 Å². The molecule has 13 heteroatoms. The van der Waals surface area contributed by atoms with Crippen molar-refractivity contribution in [3.05, 3.63) is 119 Å². The van der Waals surface area contributed by atoms with Gasteiger partial charge in [0.1, 0.15) is 5.75 Å². The van der Waals surface area contributed by atoms with Gasteiger partial charge in [0.25, 0.3) is 8.32 Å². The van der Waals surface area contributed by atoms with Crippen molar-refractivity contribution in [2.24, 2.45) is 17.0 Å². The van der Waals surface area contributed by atoms with Crippen LogP contribution in [0.1, 0.15) is 74.4 Å². The van der Waals surface area contributed by atoms with E-state index in [2.05, 4.69) is 67.4 Å². The predicted molar refractivity (Wildman–Crippen MR) is 231 cm³/mol. The number of anilines is 1. The van der Waals surface area contributed by atoms with E-state index in [-0.39, 0.29) is 52.5 Å². The number of carbonyl (C=O) groups excluding carboxylic acids is 1. The molecule has 1 heterocycles. The molecule has 0 radical (unpaired) electrons. The summed E-state index contributed by atoms with van der Waals surface area (Å²) in [5.41, 5.74) is 3.01. The minimum absolute atomic E-state index is 0.0330. The summed E-state index contributed by atoms with van der Waals surface area (Å²) in [5.74, 6) is -0.967. The highest BCUT2D eigenvalue weighted by molar-refractivity contribution is 7.89. The zero-order valence-electron chi connectivity index (χ0n) is 33.5. The van der Waals surface area contributed by atoms with Crippen LogP contribution in [0.2, 0.25) is 10.1 Å². The van der Waals surface area contributed by atoms with Gasteiger partial charge >= 0.3 is 5.97 Å². The Balaban J connectivity index is 1.28. The predicted octanol–water partition coefficient (Wildman–Crippen LogP) is 6.28. The molecule has 58 heavy (non-hydrogen) atoms. The van der Waals surface area contributed by atoms with Crippen LogP contribution in [-0.2, 0) is 31.1 Å². The van der Waals surface area contributed by atoms with Gasteiger partial charge in [-0.1, -0.05) is 99.1 Å². The Kier molecular flexibility index (Phi) is 12.2. The lowest BCUT2D eigenvalue weighted by molar-refractivity contribution is -0.124. The Bertz CT molecular complexity index is 2200. The Labute approximate surface area is 348 Å². The normalized spacial score (nSPS) is 21.2. The van der Waals surface area contributed by atoms with Crippen molar-refractivity contribution in [2.45, 2.75) is 75.9 Å². The van der Waals surface area contributed by atoms with E-state index in [1.807, 2.05) is 42.5 Å². The Morgan fingerprint density at radius 1 is 1.02 bits per heavy atom. The molecule has 3 aliphatic rings. The van der Waals surface area contributed by atoms with E-state index in [0.29, 0.717) is 30.5 Å². The first-order chi connectivity index (χ1) is 27.6. The number of sulfonamides is 1. The van der Waals surface area contributed by atoms with Crippen molar-refractivity contribution >= 4 is 57.9 Å². The molecule has 1 amide bonds. The van der Waals surface area contributed by atoms with E-state index in [9.17, 15) is 23.1 Å². The van der Waals surface area contributed by atoms with Crippen molar-refractivity contribution < 1.29 is 32.3 Å². The summed E-state index contributed by atoms with van der Waals surface area (Å²) in [4.78, 5) is 28.5. The van der Waals surface area contributed by atoms with Crippen LogP contribution in [-0.4, -0.2) is 71.8 Å². The molecule has 4 N–H and O–H groups in total. The van der Waals surface area contributed by atoms with Crippen molar-refractivity contribution in [3.63, 3.8) is 0 Å². The number of hydrogen-bond donors (Lipinski definition) is 3. The smallest absolute Gasteiger partial charge is 0.335 e. The molecule has 4 aromatic rings. The fourth-order valence-electron chi connectivity index (χ4n) is 9.63. The third-order valence-electron chi connectivity index (χ3n) is 12.5. The molecular formula is C45H54ClN3O7SSi. The molecule has 1 spiro atoms. The van der Waals surface area contributed by atoms with Crippen molar-refractivity contribution in [1.82, 2.24) is 5.32 Å². The number of nitrogens with zero attached hydrogens (tertiary/aromatic N) is 1. The van der Waals surface area contributed by atoms with Crippen molar-refractivity contribution in [2.75, 3.05) is 36.9 Å². The van der Waals surface area contributed by atoms with E-state index in [1.165, 1.54) is 11.1 Å². The second-order valence-electron chi connectivity index (χ2n) is 17.3. The monoisotopic (exact) mass is 843 g/mol. The van der Waals surface area contributed by atoms with Gasteiger partial charge in [-0.05, 0) is 101 Å². The number of nitrogens with two attached hydrogens (primary N) is 1. The van der Waals surface area contributed by atoms with Crippen LogP contribution in [0.3, 0.4) is 0 Å². The molecular weight excluding hydrogens is 790 g/mol. The van der Waals surface area contributed by atoms with Gasteiger partial charge in [0.15, 0.2) is 0 Å². The summed E-state index contributed by atoms with van der Waals surface area (Å²) in [6, 6.07) is 31.9. The number of primary sulfonamides is 1. The van der Waals surface area contributed by atoms with Crippen LogP contribution < -0.4 is 30.5 Å². The number of aryl methyl sites for hydroxylation is 1. The quantitative estimate of drug-likeness (QED) is 0.133. The molecule has 0 bridgehead atoms. The maximum absolute atomic E-state index is 13.8. The number of benzene rings is 4. The van der Waals surface area contributed by atoms with Crippen LogP contribution in [0.5, 0.6) is 5.75 Å². The molecule has 1 saturated carbocycles. The topological polar surface area (TPSA) is 148 Å². The first kappa shape index (κ1) is 41.9. The molecule has 2 aliphatic carbocycles. The molecule has 4 aromatic carbocycles. The zero-order chi connectivity index (χ0) is 41.3. The number of nitrogens with one attached hydrogen (secondary N) is 1. The van der Waals surface area contributed by atoms with Gasteiger partial charge < -0.3 is 24.5 Å². The van der Waals surface area contributed by atoms with E-state index in [4.69, 9.17) is 25.9 Å². The van der Waals surface area contributed by atoms with E-state index in [0.717, 1.165) is 48.2 Å². The fourth-order valence-corrected chi connectivity index (χ4v) is 14.9. The summed E-state index contributed by atoms with van der Waals surface area (Å²) in [7, 11) is -6.91. The third kappa shape index (κ3) is 8.72. The van der Waals surface area contributed by atoms with Crippen molar-refractivity contribution in [1.29, 1.82) is 0 Å². The first-order valence-corrected chi connectivity index (χ1v) is 24.2. The Hall–Kier alpha value is -4.20. The minimum Gasteiger partial charge on any atom is -0.490 e. The molecule has 0 saturated heterocycles. The lowest BCUT2D eigenvalue weighted by Gasteiger charge is -2.51. The average Bonchev–Trinajstić information content (AvgIpc) is 3.31. The number of halogens is 1. The first-order valence-electron chi connectivity index (χ1n) is 20.2. The third-order valence-corrected chi connectivity index (χ3v) is 18.6. The molecule has 4 atom stereocenters. The second kappa shape index (κ2) is 16.8. The molecule has 308 valence electrons. The Morgan fingerprint density at radius 2 is 1.71 bits per heavy atom. The van der Waals surface area contributed by atoms with E-state index in [1.54, 1.807) is 18.2 Å². The van der Waals surface area contributed by atoms with Crippen LogP contribution in [0.25, 0.3) is 0 Å². The zero-order valence-corrected chi connectivity index (χ0v) is 36.0. The maximum atomic E-state index is 13.8. The standard InChI is InChI=1S/C45H54ClN3O7SSi/c1-44(2,3)58(35-12-6-4-7-13-35,36-14-8-5-9-15-36)56-41(27-42(50)48-23-24-57(47,53)54)37-19-16-33(37)28-49-29-45(22-10-11-31-25-34(46)18-20-38(31)45)30-55-40-21-17-32(43(51)52)26-39(40)49/h4-9,12-15,17-18,20-21,25-26,33,37,41H,10-11,16,19,22-24,27-30H2,1-3H3,(H,48,50)(H,51,52)(H2,47,53,54)/t33-,37+,41?,45?/m0/s1. The molecule has 1 aliphatic heterocycles. The van der Waals surface area contributed by atoms with Gasteiger partial charge in [-0.15, -0.1) is 0 Å². The van der Waals surface area contributed by atoms with Gasteiger partial charge in [0, 0.05) is 30.1 Å². The summed E-state index contributed by atoms with van der Waals surface area (Å²) < 4.78 is 37.9. The molecule has 2 unspecified atom stereocenters. The molecule has 7 rings (SSSR count). The van der Waals surface area contributed by atoms with Crippen molar-refractivity contribution in [3.8, 4) is 5.75 Å². The number of fused-ring (bicyclic) bond motifs is 3. The van der Waals surface area contributed by atoms with Gasteiger partial charge in [-0.3, -0.25) is 4.79 Å². The number of amides is 1. The maximum Gasteiger partial charge on any atom is 0.335 e. The van der Waals surface area contributed by atoms with Gasteiger partial charge in [0.2, 0.25) is 15.9 Å². The highest BCUT2D eigenvalue weighted by Crippen LogP contribution is 2.48. The summed E-state index contributed by atoms with van der Waals surface area (Å²) in [6.07, 6.45) is 4.06. The lowest BCUT2D eigenvalue weighted by Crippen LogP contribution is -2.69. The minimum atomic E-state index is -3.77. The molecule has 1 fully saturated rings. The summed E-state index contributed by atoms with van der Waals surface area (Å²) in [6.45, 7) is 8.21.